The molecule has 1 fully saturated rings. The molecule has 0 bridgehead atoms. The van der Waals surface area contributed by atoms with Crippen LogP contribution in [-0.4, -0.2) is 55.5 Å². The lowest BCUT2D eigenvalue weighted by molar-refractivity contribution is 0.0951. The first-order valence-electron chi connectivity index (χ1n) is 9.79. The minimum absolute atomic E-state index is 0.140. The molecule has 6 nitrogen and oxygen atoms in total. The molecule has 1 saturated heterocycles. The third-order valence-corrected chi connectivity index (χ3v) is 7.63. The van der Waals surface area contributed by atoms with Crippen molar-refractivity contribution in [2.45, 2.75) is 20.0 Å². The summed E-state index contributed by atoms with van der Waals surface area (Å²) in [6.45, 7) is 5.15. The van der Waals surface area contributed by atoms with Gasteiger partial charge < -0.3 is 5.32 Å². The molecule has 0 saturated carbocycles. The maximum Gasteiger partial charge on any atom is 0.251 e. The molecule has 30 heavy (non-hydrogen) atoms. The molecule has 3 rings (SSSR count). The third-order valence-electron chi connectivity index (χ3n) is 5.17. The minimum Gasteiger partial charge on any atom is -0.348 e. The van der Waals surface area contributed by atoms with Crippen LogP contribution in [0.25, 0.3) is 0 Å². The van der Waals surface area contributed by atoms with Crippen LogP contribution in [0.3, 0.4) is 0 Å². The fraction of sp³-hybridized carbons (Fsp3) is 0.381. The molecule has 0 aliphatic carbocycles. The Labute approximate surface area is 187 Å². The number of carbonyl (C=O) groups excluding carboxylic acids is 1. The Bertz CT molecular complexity index is 989. The summed E-state index contributed by atoms with van der Waals surface area (Å²) in [4.78, 5) is 14.6. The number of sulfonamides is 1. The molecule has 1 heterocycles. The molecule has 0 atom stereocenters. The van der Waals surface area contributed by atoms with Crippen LogP contribution in [0, 0.1) is 0 Å². The lowest BCUT2D eigenvalue weighted by Gasteiger charge is -2.33. The lowest BCUT2D eigenvalue weighted by atomic mass is 10.1. The van der Waals surface area contributed by atoms with Crippen molar-refractivity contribution in [2.24, 2.45) is 0 Å². The number of benzene rings is 2. The van der Waals surface area contributed by atoms with Gasteiger partial charge in [-0.2, -0.15) is 4.31 Å². The van der Waals surface area contributed by atoms with E-state index in [0.29, 0.717) is 48.3 Å². The van der Waals surface area contributed by atoms with Crippen molar-refractivity contribution in [1.29, 1.82) is 0 Å². The number of carbonyl (C=O) groups is 1. The number of nitrogens with zero attached hydrogens (tertiary/aromatic N) is 2. The number of halogens is 2. The third kappa shape index (κ3) is 5.95. The van der Waals surface area contributed by atoms with Crippen molar-refractivity contribution in [3.05, 3.63) is 69.2 Å². The molecule has 9 heteroatoms. The van der Waals surface area contributed by atoms with E-state index in [4.69, 9.17) is 23.2 Å². The second-order valence-electron chi connectivity index (χ2n) is 7.19. The Morgan fingerprint density at radius 2 is 1.70 bits per heavy atom. The Morgan fingerprint density at radius 3 is 2.30 bits per heavy atom. The van der Waals surface area contributed by atoms with Crippen molar-refractivity contribution in [1.82, 2.24) is 14.5 Å². The van der Waals surface area contributed by atoms with E-state index in [1.165, 1.54) is 0 Å². The molecular weight excluding hydrogens is 445 g/mol. The molecule has 0 radical (unpaired) electrons. The Hall–Kier alpha value is -1.64. The van der Waals surface area contributed by atoms with E-state index < -0.39 is 10.0 Å². The Balaban J connectivity index is 1.50. The van der Waals surface area contributed by atoms with Crippen molar-refractivity contribution in [3.8, 4) is 0 Å². The van der Waals surface area contributed by atoms with E-state index in [0.717, 1.165) is 17.7 Å². The number of hydrogen-bond donors (Lipinski definition) is 1. The lowest BCUT2D eigenvalue weighted by Crippen LogP contribution is -2.48. The molecule has 1 amide bonds. The summed E-state index contributed by atoms with van der Waals surface area (Å²) < 4.78 is 25.5. The van der Waals surface area contributed by atoms with Gasteiger partial charge in [0.05, 0.1) is 5.75 Å². The molecule has 1 aliphatic heterocycles. The standard InChI is InChI=1S/C21H25Cl2N3O3S/c1-2-30(28,29)26-11-9-25(10-12-26)15-16-3-5-17(6-4-16)21(27)24-14-18-7-8-19(22)13-20(18)23/h3-8,13H,2,9-12,14-15H2,1H3,(H,24,27). The molecule has 2 aromatic carbocycles. The van der Waals surface area contributed by atoms with E-state index in [-0.39, 0.29) is 11.7 Å². The summed E-state index contributed by atoms with van der Waals surface area (Å²) in [6.07, 6.45) is 0. The molecule has 1 aliphatic rings. The predicted octanol–water partition coefficient (Wildman–Crippen LogP) is 3.39. The van der Waals surface area contributed by atoms with Gasteiger partial charge in [0.2, 0.25) is 10.0 Å². The van der Waals surface area contributed by atoms with Gasteiger partial charge >= 0.3 is 0 Å². The number of rotatable bonds is 7. The summed E-state index contributed by atoms with van der Waals surface area (Å²) >= 11 is 12.0. The molecule has 0 unspecified atom stereocenters. The summed E-state index contributed by atoms with van der Waals surface area (Å²) in [5.41, 5.74) is 2.46. The fourth-order valence-corrected chi connectivity index (χ4v) is 4.87. The topological polar surface area (TPSA) is 69.7 Å². The average molecular weight is 470 g/mol. The van der Waals surface area contributed by atoms with Crippen LogP contribution in [0.4, 0.5) is 0 Å². The van der Waals surface area contributed by atoms with Crippen molar-refractivity contribution in [3.63, 3.8) is 0 Å². The maximum absolute atomic E-state index is 12.4. The van der Waals surface area contributed by atoms with Gasteiger partial charge in [0.15, 0.2) is 0 Å². The Morgan fingerprint density at radius 1 is 1.03 bits per heavy atom. The highest BCUT2D eigenvalue weighted by Gasteiger charge is 2.25. The minimum atomic E-state index is -3.12. The van der Waals surface area contributed by atoms with Crippen molar-refractivity contribution in [2.75, 3.05) is 31.9 Å². The van der Waals surface area contributed by atoms with Gasteiger partial charge in [-0.25, -0.2) is 8.42 Å². The first kappa shape index (κ1) is 23.0. The highest BCUT2D eigenvalue weighted by atomic mass is 35.5. The molecule has 2 aromatic rings. The number of piperazine rings is 1. The van der Waals surface area contributed by atoms with Crippen LogP contribution in [0.2, 0.25) is 10.0 Å². The summed E-state index contributed by atoms with van der Waals surface area (Å²) in [5, 5.41) is 3.93. The maximum atomic E-state index is 12.4. The van der Waals surface area contributed by atoms with Gasteiger partial charge in [-0.1, -0.05) is 41.4 Å². The van der Waals surface area contributed by atoms with E-state index >= 15 is 0 Å². The summed E-state index contributed by atoms with van der Waals surface area (Å²) in [6, 6.07) is 12.6. The zero-order valence-electron chi connectivity index (χ0n) is 16.8. The van der Waals surface area contributed by atoms with Gasteiger partial charge in [-0.3, -0.25) is 9.69 Å². The highest BCUT2D eigenvalue weighted by molar-refractivity contribution is 7.89. The zero-order valence-corrected chi connectivity index (χ0v) is 19.1. The van der Waals surface area contributed by atoms with Crippen LogP contribution >= 0.6 is 23.2 Å². The number of nitrogens with one attached hydrogen (secondary N) is 1. The normalized spacial score (nSPS) is 15.8. The monoisotopic (exact) mass is 469 g/mol. The van der Waals surface area contributed by atoms with Gasteiger partial charge in [-0.05, 0) is 42.3 Å². The number of amides is 1. The van der Waals surface area contributed by atoms with Crippen LogP contribution in [0.15, 0.2) is 42.5 Å². The smallest absolute Gasteiger partial charge is 0.251 e. The van der Waals surface area contributed by atoms with Crippen LogP contribution in [0.5, 0.6) is 0 Å². The van der Waals surface area contributed by atoms with Gasteiger partial charge in [0, 0.05) is 54.9 Å². The van der Waals surface area contributed by atoms with E-state index in [1.807, 2.05) is 12.1 Å². The molecule has 0 spiro atoms. The van der Waals surface area contributed by atoms with E-state index in [9.17, 15) is 13.2 Å². The first-order chi connectivity index (χ1) is 14.3. The fourth-order valence-electron chi connectivity index (χ4n) is 3.31. The average Bonchev–Trinajstić information content (AvgIpc) is 2.74. The predicted molar refractivity (Wildman–Crippen MR) is 120 cm³/mol. The molecule has 0 aromatic heterocycles. The van der Waals surface area contributed by atoms with Gasteiger partial charge in [0.25, 0.3) is 5.91 Å². The van der Waals surface area contributed by atoms with Crippen LogP contribution in [0.1, 0.15) is 28.4 Å². The second kappa shape index (κ2) is 10.1. The largest absolute Gasteiger partial charge is 0.348 e. The second-order valence-corrected chi connectivity index (χ2v) is 10.3. The SMILES string of the molecule is CCS(=O)(=O)N1CCN(Cc2ccc(C(=O)NCc3ccc(Cl)cc3Cl)cc2)CC1. The number of hydrogen-bond acceptors (Lipinski definition) is 4. The Kier molecular flexibility index (Phi) is 7.76. The van der Waals surface area contributed by atoms with Crippen LogP contribution in [-0.2, 0) is 23.1 Å². The highest BCUT2D eigenvalue weighted by Crippen LogP contribution is 2.21. The van der Waals surface area contributed by atoms with Crippen molar-refractivity contribution >= 4 is 39.1 Å². The van der Waals surface area contributed by atoms with Crippen molar-refractivity contribution < 1.29 is 13.2 Å². The zero-order chi connectivity index (χ0) is 21.7. The van der Waals surface area contributed by atoms with E-state index in [2.05, 4.69) is 10.2 Å². The van der Waals surface area contributed by atoms with Crippen LogP contribution < -0.4 is 5.32 Å². The summed E-state index contributed by atoms with van der Waals surface area (Å²) in [5.74, 6) is -0.0354. The van der Waals surface area contributed by atoms with E-state index in [1.54, 1.807) is 41.6 Å². The molecule has 1 N–H and O–H groups in total. The van der Waals surface area contributed by atoms with Gasteiger partial charge in [-0.15, -0.1) is 0 Å². The first-order valence-corrected chi connectivity index (χ1v) is 12.2. The van der Waals surface area contributed by atoms with Gasteiger partial charge in [0.1, 0.15) is 0 Å². The quantitative estimate of drug-likeness (QED) is 0.674. The summed E-state index contributed by atoms with van der Waals surface area (Å²) in [7, 11) is -3.12. The molecule has 162 valence electrons. The molecular formula is C21H25Cl2N3O3S.